The van der Waals surface area contributed by atoms with E-state index in [-0.39, 0.29) is 11.1 Å². The second kappa shape index (κ2) is 5.32. The number of nitrogens with zero attached hydrogens (tertiary/aromatic N) is 1. The van der Waals surface area contributed by atoms with Crippen LogP contribution in [0.1, 0.15) is 26.2 Å². The van der Waals surface area contributed by atoms with E-state index >= 15 is 0 Å². The van der Waals surface area contributed by atoms with Crippen LogP contribution in [0.4, 0.5) is 0 Å². The van der Waals surface area contributed by atoms with E-state index < -0.39 is 33.0 Å². The summed E-state index contributed by atoms with van der Waals surface area (Å²) in [6, 6.07) is -0.912. The lowest BCUT2D eigenvalue weighted by molar-refractivity contribution is -0.148. The average Bonchev–Trinajstić information content (AvgIpc) is 2.70. The van der Waals surface area contributed by atoms with Crippen LogP contribution in [0.15, 0.2) is 0 Å². The van der Waals surface area contributed by atoms with Gasteiger partial charge in [-0.2, -0.15) is 0 Å². The Labute approximate surface area is 116 Å². The minimum Gasteiger partial charge on any atom is -0.480 e. The van der Waals surface area contributed by atoms with Crippen molar-refractivity contribution in [2.45, 2.75) is 42.9 Å². The van der Waals surface area contributed by atoms with Crippen LogP contribution in [0.2, 0.25) is 0 Å². The topological polar surface area (TPSA) is 91.8 Å². The lowest BCUT2D eigenvalue weighted by Gasteiger charge is -2.30. The van der Waals surface area contributed by atoms with Crippen LogP contribution in [0.3, 0.4) is 0 Å². The van der Waals surface area contributed by atoms with Crippen LogP contribution in [0.5, 0.6) is 0 Å². The van der Waals surface area contributed by atoms with Gasteiger partial charge in [-0.05, 0) is 19.8 Å². The Kier molecular flexibility index (Phi) is 4.10. The van der Waals surface area contributed by atoms with Crippen LogP contribution in [0, 0.1) is 0 Å². The fourth-order valence-electron chi connectivity index (χ4n) is 2.57. The molecule has 3 unspecified atom stereocenters. The molecule has 2 fully saturated rings. The monoisotopic (exact) mass is 307 g/mol. The number of hydrogen-bond donors (Lipinski definition) is 1. The molecule has 3 atom stereocenters. The molecule has 0 spiro atoms. The molecule has 2 heterocycles. The second-order valence-electron chi connectivity index (χ2n) is 4.88. The fraction of sp³-hybridized carbons (Fsp3) is 0.818. The van der Waals surface area contributed by atoms with Gasteiger partial charge in [0, 0.05) is 5.75 Å². The summed E-state index contributed by atoms with van der Waals surface area (Å²) in [5.74, 6) is -1.27. The summed E-state index contributed by atoms with van der Waals surface area (Å²) in [5, 5.41) is 7.78. The quantitative estimate of drug-likeness (QED) is 0.790. The molecule has 0 bridgehead atoms. The summed E-state index contributed by atoms with van der Waals surface area (Å²) >= 11 is 1.36. The third-order valence-electron chi connectivity index (χ3n) is 3.62. The molecule has 8 heteroatoms. The predicted octanol–water partition coefficient (Wildman–Crippen LogP) is 0.328. The molecule has 0 aliphatic carbocycles. The third kappa shape index (κ3) is 2.74. The largest absolute Gasteiger partial charge is 0.480 e. The van der Waals surface area contributed by atoms with Crippen molar-refractivity contribution in [3.05, 3.63) is 0 Å². The van der Waals surface area contributed by atoms with Gasteiger partial charge in [-0.1, -0.05) is 6.42 Å². The first-order chi connectivity index (χ1) is 8.84. The summed E-state index contributed by atoms with van der Waals surface area (Å²) in [6.07, 6.45) is 1.59. The van der Waals surface area contributed by atoms with E-state index in [1.54, 1.807) is 6.92 Å². The predicted molar refractivity (Wildman–Crippen MR) is 71.6 cm³/mol. The first kappa shape index (κ1) is 14.6. The van der Waals surface area contributed by atoms with E-state index in [4.69, 9.17) is 5.11 Å². The van der Waals surface area contributed by atoms with Crippen molar-refractivity contribution in [2.75, 3.05) is 11.5 Å². The summed E-state index contributed by atoms with van der Waals surface area (Å²) in [7, 11) is -3.43. The van der Waals surface area contributed by atoms with E-state index in [1.165, 1.54) is 16.7 Å². The number of hydrogen-bond acceptors (Lipinski definition) is 5. The van der Waals surface area contributed by atoms with Crippen molar-refractivity contribution < 1.29 is 23.1 Å². The van der Waals surface area contributed by atoms with Gasteiger partial charge < -0.3 is 10.0 Å². The van der Waals surface area contributed by atoms with Gasteiger partial charge in [0.05, 0.1) is 11.1 Å². The van der Waals surface area contributed by atoms with E-state index in [0.717, 1.165) is 0 Å². The molecule has 0 aromatic rings. The van der Waals surface area contributed by atoms with E-state index in [0.29, 0.717) is 25.0 Å². The van der Waals surface area contributed by atoms with Crippen LogP contribution in [0.25, 0.3) is 0 Å². The molecular weight excluding hydrogens is 290 g/mol. The molecule has 0 radical (unpaired) electrons. The zero-order valence-corrected chi connectivity index (χ0v) is 12.2. The van der Waals surface area contributed by atoms with Gasteiger partial charge in [-0.15, -0.1) is 11.8 Å². The Hall–Kier alpha value is -0.760. The van der Waals surface area contributed by atoms with Gasteiger partial charge in [-0.25, -0.2) is 13.2 Å². The van der Waals surface area contributed by atoms with Crippen LogP contribution in [-0.2, 0) is 19.4 Å². The molecule has 2 aliphatic rings. The molecule has 0 aromatic carbocycles. The molecule has 2 saturated heterocycles. The Morgan fingerprint density at radius 1 is 1.32 bits per heavy atom. The highest BCUT2D eigenvalue weighted by Crippen LogP contribution is 2.32. The van der Waals surface area contributed by atoms with Gasteiger partial charge >= 0.3 is 5.97 Å². The van der Waals surface area contributed by atoms with Gasteiger partial charge in [0.25, 0.3) is 0 Å². The molecule has 0 aromatic heterocycles. The number of carbonyl (C=O) groups is 2. The number of aliphatic carboxylic acids is 1. The van der Waals surface area contributed by atoms with Crippen LogP contribution in [-0.4, -0.2) is 58.5 Å². The maximum atomic E-state index is 12.4. The zero-order valence-electron chi connectivity index (χ0n) is 10.6. The van der Waals surface area contributed by atoms with Gasteiger partial charge in [0.1, 0.15) is 11.3 Å². The van der Waals surface area contributed by atoms with Gasteiger partial charge in [0.15, 0.2) is 9.84 Å². The first-order valence-electron chi connectivity index (χ1n) is 6.23. The van der Waals surface area contributed by atoms with Crippen molar-refractivity contribution >= 4 is 33.5 Å². The molecule has 108 valence electrons. The zero-order chi connectivity index (χ0) is 14.2. The maximum Gasteiger partial charge on any atom is 0.327 e. The standard InChI is InChI=1S/C11H17NO5S2/c1-7-12(8(6-18-7)11(14)15)10(13)9-4-2-3-5-19(9,16)17/h7-9H,2-6H2,1H3,(H,14,15). The molecule has 1 amide bonds. The molecule has 19 heavy (non-hydrogen) atoms. The number of amides is 1. The first-order valence-corrected chi connectivity index (χ1v) is 8.99. The molecule has 2 aliphatic heterocycles. The number of sulfone groups is 1. The number of thioether (sulfide) groups is 1. The van der Waals surface area contributed by atoms with Crippen LogP contribution < -0.4 is 0 Å². The van der Waals surface area contributed by atoms with E-state index in [2.05, 4.69) is 0 Å². The highest BCUT2D eigenvalue weighted by molar-refractivity contribution is 8.00. The highest BCUT2D eigenvalue weighted by Gasteiger charge is 2.45. The third-order valence-corrected chi connectivity index (χ3v) is 7.00. The Morgan fingerprint density at radius 2 is 2.00 bits per heavy atom. The summed E-state index contributed by atoms with van der Waals surface area (Å²) in [6.45, 7) is 1.74. The Balaban J connectivity index is 2.24. The number of rotatable bonds is 2. The van der Waals surface area contributed by atoms with Crippen molar-refractivity contribution in [2.24, 2.45) is 0 Å². The van der Waals surface area contributed by atoms with Gasteiger partial charge in [-0.3, -0.25) is 4.79 Å². The minimum atomic E-state index is -3.43. The maximum absolute atomic E-state index is 12.4. The molecule has 1 N–H and O–H groups in total. The molecular formula is C11H17NO5S2. The highest BCUT2D eigenvalue weighted by atomic mass is 32.2. The Morgan fingerprint density at radius 3 is 2.58 bits per heavy atom. The molecule has 6 nitrogen and oxygen atoms in total. The molecule has 2 rings (SSSR count). The summed E-state index contributed by atoms with van der Waals surface area (Å²) in [5.41, 5.74) is 0. The number of carbonyl (C=O) groups excluding carboxylic acids is 1. The van der Waals surface area contributed by atoms with E-state index in [9.17, 15) is 18.0 Å². The van der Waals surface area contributed by atoms with Crippen LogP contribution >= 0.6 is 11.8 Å². The fourth-order valence-corrected chi connectivity index (χ4v) is 5.59. The number of carboxylic acids is 1. The molecule has 0 saturated carbocycles. The lowest BCUT2D eigenvalue weighted by Crippen LogP contribution is -2.52. The second-order valence-corrected chi connectivity index (χ2v) is 8.54. The van der Waals surface area contributed by atoms with Crippen molar-refractivity contribution in [1.82, 2.24) is 4.90 Å². The SMILES string of the molecule is CC1SCC(C(=O)O)N1C(=O)C1CCCCS1(=O)=O. The Bertz CT molecular complexity index is 489. The van der Waals surface area contributed by atoms with Gasteiger partial charge in [0.2, 0.25) is 5.91 Å². The van der Waals surface area contributed by atoms with Crippen molar-refractivity contribution in [3.63, 3.8) is 0 Å². The summed E-state index contributed by atoms with van der Waals surface area (Å²) in [4.78, 5) is 24.8. The van der Waals surface area contributed by atoms with Crippen molar-refractivity contribution in [1.29, 1.82) is 0 Å². The normalized spacial score (nSPS) is 34.2. The van der Waals surface area contributed by atoms with Crippen molar-refractivity contribution in [3.8, 4) is 0 Å². The average molecular weight is 307 g/mol. The lowest BCUT2D eigenvalue weighted by atomic mass is 10.1. The number of carboxylic acid groups (broad SMARTS) is 1. The summed E-state index contributed by atoms with van der Waals surface area (Å²) < 4.78 is 23.9. The minimum absolute atomic E-state index is 0.0243. The smallest absolute Gasteiger partial charge is 0.327 e. The van der Waals surface area contributed by atoms with E-state index in [1.807, 2.05) is 0 Å².